The molecule has 0 saturated carbocycles. The van der Waals surface area contributed by atoms with Crippen molar-refractivity contribution < 1.29 is 9.53 Å². The summed E-state index contributed by atoms with van der Waals surface area (Å²) in [6.45, 7) is 6.58. The lowest BCUT2D eigenvalue weighted by molar-refractivity contribution is 0.0601. The van der Waals surface area contributed by atoms with Gasteiger partial charge in [0, 0.05) is 11.7 Å². The topological polar surface area (TPSA) is 50.4 Å². The number of methoxy groups -OCH3 is 1. The molecule has 0 bridgehead atoms. The van der Waals surface area contributed by atoms with Crippen LogP contribution in [0.5, 0.6) is 0 Å². The number of thiocarbonyl (C=S) groups is 1. The van der Waals surface area contributed by atoms with Crippen molar-refractivity contribution in [1.29, 1.82) is 0 Å². The maximum absolute atomic E-state index is 11.6. The van der Waals surface area contributed by atoms with Crippen LogP contribution in [0.15, 0.2) is 54.6 Å². The molecule has 5 heteroatoms. The van der Waals surface area contributed by atoms with Gasteiger partial charge < -0.3 is 15.4 Å². The fourth-order valence-corrected chi connectivity index (χ4v) is 3.38. The van der Waals surface area contributed by atoms with Gasteiger partial charge in [-0.3, -0.25) is 0 Å². The van der Waals surface area contributed by atoms with Gasteiger partial charge in [0.15, 0.2) is 5.11 Å². The second-order valence-corrected chi connectivity index (χ2v) is 7.43. The number of rotatable bonds is 6. The molecule has 0 aliphatic carbocycles. The predicted molar refractivity (Wildman–Crippen MR) is 111 cm³/mol. The van der Waals surface area contributed by atoms with Crippen molar-refractivity contribution in [1.82, 2.24) is 5.32 Å². The Labute approximate surface area is 161 Å². The summed E-state index contributed by atoms with van der Waals surface area (Å²) in [6.07, 6.45) is 0.932. The molecule has 0 amide bonds. The molecule has 0 fully saturated rings. The van der Waals surface area contributed by atoms with Crippen LogP contribution < -0.4 is 10.6 Å². The average Bonchev–Trinajstić information content (AvgIpc) is 2.61. The van der Waals surface area contributed by atoms with E-state index in [2.05, 4.69) is 55.7 Å². The molecule has 0 unspecified atom stereocenters. The fraction of sp³-hybridized carbons (Fsp3) is 0.333. The molecule has 4 nitrogen and oxygen atoms in total. The van der Waals surface area contributed by atoms with Gasteiger partial charge in [0.1, 0.15) is 0 Å². The Kier molecular flexibility index (Phi) is 6.75. The number of hydrogen-bond donors (Lipinski definition) is 2. The molecule has 0 saturated heterocycles. The third kappa shape index (κ3) is 5.56. The van der Waals surface area contributed by atoms with Crippen LogP contribution in [-0.4, -0.2) is 24.2 Å². The van der Waals surface area contributed by atoms with Crippen LogP contribution in [0.2, 0.25) is 0 Å². The van der Waals surface area contributed by atoms with E-state index >= 15 is 0 Å². The first-order valence-corrected chi connectivity index (χ1v) is 9.04. The standard InChI is InChI=1S/C21H26N2O2S/c1-15(14-21(2,3)17-10-6-5-7-11-17)22-20(26)23-18-12-8-9-16(13-18)19(24)25-4/h5-13,15H,14H2,1-4H3,(H2,22,23,26)/t15-/m0/s1. The van der Waals surface area contributed by atoms with Gasteiger partial charge in [-0.2, -0.15) is 0 Å². The average molecular weight is 371 g/mol. The summed E-state index contributed by atoms with van der Waals surface area (Å²) in [5.41, 5.74) is 2.57. The normalized spacial score (nSPS) is 12.2. The molecule has 2 rings (SSSR count). The zero-order valence-electron chi connectivity index (χ0n) is 15.7. The predicted octanol–water partition coefficient (Wildman–Crippen LogP) is 4.52. The number of nitrogens with one attached hydrogen (secondary N) is 2. The number of carbonyl (C=O) groups excluding carboxylic acids is 1. The minimum atomic E-state index is -0.370. The summed E-state index contributed by atoms with van der Waals surface area (Å²) in [5.74, 6) is -0.370. The number of hydrogen-bond acceptors (Lipinski definition) is 3. The number of ether oxygens (including phenoxy) is 1. The molecule has 2 aromatic carbocycles. The summed E-state index contributed by atoms with van der Waals surface area (Å²) in [6, 6.07) is 17.7. The Bertz CT molecular complexity index is 760. The summed E-state index contributed by atoms with van der Waals surface area (Å²) >= 11 is 5.42. The smallest absolute Gasteiger partial charge is 0.337 e. The quantitative estimate of drug-likeness (QED) is 0.578. The van der Waals surface area contributed by atoms with Crippen molar-refractivity contribution in [2.45, 2.75) is 38.6 Å². The molecule has 0 heterocycles. The number of esters is 1. The Balaban J connectivity index is 1.94. The largest absolute Gasteiger partial charge is 0.465 e. The maximum atomic E-state index is 11.6. The van der Waals surface area contributed by atoms with Gasteiger partial charge in [-0.05, 0) is 54.7 Å². The van der Waals surface area contributed by atoms with Gasteiger partial charge in [-0.15, -0.1) is 0 Å². The van der Waals surface area contributed by atoms with Crippen molar-refractivity contribution in [3.05, 3.63) is 65.7 Å². The van der Waals surface area contributed by atoms with Crippen LogP contribution >= 0.6 is 12.2 Å². The van der Waals surface area contributed by atoms with Crippen LogP contribution in [0.1, 0.15) is 43.1 Å². The van der Waals surface area contributed by atoms with Gasteiger partial charge in [0.05, 0.1) is 12.7 Å². The van der Waals surface area contributed by atoms with E-state index in [-0.39, 0.29) is 17.4 Å². The first-order valence-electron chi connectivity index (χ1n) is 8.63. The molecule has 0 spiro atoms. The second-order valence-electron chi connectivity index (χ2n) is 7.03. The highest BCUT2D eigenvalue weighted by Crippen LogP contribution is 2.28. The van der Waals surface area contributed by atoms with Crippen molar-refractivity contribution in [2.75, 3.05) is 12.4 Å². The van der Waals surface area contributed by atoms with Crippen LogP contribution in [0.25, 0.3) is 0 Å². The van der Waals surface area contributed by atoms with Crippen molar-refractivity contribution in [3.8, 4) is 0 Å². The van der Waals surface area contributed by atoms with Crippen LogP contribution in [0, 0.1) is 0 Å². The molecular formula is C21H26N2O2S. The molecule has 0 aromatic heterocycles. The molecule has 0 aliphatic rings. The molecule has 2 N–H and O–H groups in total. The first-order chi connectivity index (χ1) is 12.3. The molecule has 1 atom stereocenters. The second kappa shape index (κ2) is 8.81. The lowest BCUT2D eigenvalue weighted by Gasteiger charge is -2.29. The van der Waals surface area contributed by atoms with Crippen LogP contribution in [-0.2, 0) is 10.2 Å². The maximum Gasteiger partial charge on any atom is 0.337 e. The van der Waals surface area contributed by atoms with E-state index in [0.717, 1.165) is 12.1 Å². The van der Waals surface area contributed by atoms with E-state index in [1.807, 2.05) is 12.1 Å². The van der Waals surface area contributed by atoms with E-state index in [0.29, 0.717) is 10.7 Å². The molecule has 26 heavy (non-hydrogen) atoms. The van der Waals surface area contributed by atoms with Crippen LogP contribution in [0.4, 0.5) is 5.69 Å². The summed E-state index contributed by atoms with van der Waals surface area (Å²) < 4.78 is 4.74. The van der Waals surface area contributed by atoms with Gasteiger partial charge in [0.25, 0.3) is 0 Å². The minimum absolute atomic E-state index is 0.0358. The fourth-order valence-electron chi connectivity index (χ4n) is 3.06. The van der Waals surface area contributed by atoms with Crippen molar-refractivity contribution in [3.63, 3.8) is 0 Å². The first kappa shape index (κ1) is 19.9. The third-order valence-corrected chi connectivity index (χ3v) is 4.51. The van der Waals surface area contributed by atoms with E-state index in [4.69, 9.17) is 17.0 Å². The van der Waals surface area contributed by atoms with E-state index in [1.54, 1.807) is 18.2 Å². The molecule has 138 valence electrons. The molecule has 0 aliphatic heterocycles. The monoisotopic (exact) mass is 370 g/mol. The Morgan fingerprint density at radius 3 is 2.50 bits per heavy atom. The van der Waals surface area contributed by atoms with Crippen molar-refractivity contribution >= 4 is 29.0 Å². The highest BCUT2D eigenvalue weighted by atomic mass is 32.1. The number of anilines is 1. The Hall–Kier alpha value is -2.40. The highest BCUT2D eigenvalue weighted by molar-refractivity contribution is 7.80. The summed E-state index contributed by atoms with van der Waals surface area (Å²) in [7, 11) is 1.37. The zero-order valence-corrected chi connectivity index (χ0v) is 16.5. The Morgan fingerprint density at radius 2 is 1.85 bits per heavy atom. The van der Waals surface area contributed by atoms with E-state index in [1.165, 1.54) is 12.7 Å². The third-order valence-electron chi connectivity index (χ3n) is 4.29. The molecule has 2 aromatic rings. The number of benzene rings is 2. The SMILES string of the molecule is COC(=O)c1cccc(NC(=S)N[C@@H](C)CC(C)(C)c2ccccc2)c1. The number of carbonyl (C=O) groups is 1. The summed E-state index contributed by atoms with van der Waals surface area (Å²) in [5, 5.41) is 6.98. The Morgan fingerprint density at radius 1 is 1.15 bits per heavy atom. The minimum Gasteiger partial charge on any atom is -0.465 e. The molecular weight excluding hydrogens is 344 g/mol. The van der Waals surface area contributed by atoms with Crippen LogP contribution in [0.3, 0.4) is 0 Å². The molecule has 0 radical (unpaired) electrons. The van der Waals surface area contributed by atoms with E-state index < -0.39 is 0 Å². The van der Waals surface area contributed by atoms with Gasteiger partial charge in [-0.1, -0.05) is 50.2 Å². The van der Waals surface area contributed by atoms with Crippen molar-refractivity contribution in [2.24, 2.45) is 0 Å². The lowest BCUT2D eigenvalue weighted by Crippen LogP contribution is -2.39. The zero-order chi connectivity index (χ0) is 19.2. The van der Waals surface area contributed by atoms with Gasteiger partial charge in [0.2, 0.25) is 0 Å². The van der Waals surface area contributed by atoms with Gasteiger partial charge in [-0.25, -0.2) is 4.79 Å². The van der Waals surface area contributed by atoms with Gasteiger partial charge >= 0.3 is 5.97 Å². The highest BCUT2D eigenvalue weighted by Gasteiger charge is 2.23. The lowest BCUT2D eigenvalue weighted by atomic mass is 9.79. The summed E-state index contributed by atoms with van der Waals surface area (Å²) in [4.78, 5) is 11.6. The van der Waals surface area contributed by atoms with E-state index in [9.17, 15) is 4.79 Å².